The van der Waals surface area contributed by atoms with E-state index in [2.05, 4.69) is 15.6 Å². The van der Waals surface area contributed by atoms with Crippen LogP contribution < -0.4 is 19.7 Å². The van der Waals surface area contributed by atoms with Gasteiger partial charge in [-0.25, -0.2) is 22.5 Å². The van der Waals surface area contributed by atoms with E-state index in [4.69, 9.17) is 14.6 Å². The number of benzene rings is 2. The average Bonchev–Trinajstić information content (AvgIpc) is 3.58. The number of thiazole rings is 1. The van der Waals surface area contributed by atoms with Gasteiger partial charge in [-0.2, -0.15) is 13.2 Å². The molecule has 3 N–H and O–H groups in total. The largest absolute Gasteiger partial charge is 0.497 e. The summed E-state index contributed by atoms with van der Waals surface area (Å²) < 4.78 is 65.5. The van der Waals surface area contributed by atoms with Crippen LogP contribution in [0, 0.1) is 6.92 Å². The molecule has 0 bridgehead atoms. The summed E-state index contributed by atoms with van der Waals surface area (Å²) in [4.78, 5) is 13.4. The van der Waals surface area contributed by atoms with Gasteiger partial charge >= 0.3 is 12.1 Å². The number of methoxy groups -OCH3 is 1. The van der Waals surface area contributed by atoms with E-state index in [1.807, 2.05) is 37.3 Å². The first kappa shape index (κ1) is 29.2. The van der Waals surface area contributed by atoms with Crippen LogP contribution in [0.15, 0.2) is 58.3 Å². The van der Waals surface area contributed by atoms with Crippen molar-refractivity contribution in [2.24, 2.45) is 0 Å². The van der Waals surface area contributed by atoms with Gasteiger partial charge in [0.15, 0.2) is 5.82 Å². The predicted octanol–water partition coefficient (Wildman–Crippen LogP) is 4.26. The van der Waals surface area contributed by atoms with Gasteiger partial charge in [-0.1, -0.05) is 12.1 Å². The lowest BCUT2D eigenvalue weighted by Crippen LogP contribution is -2.31. The van der Waals surface area contributed by atoms with E-state index in [1.165, 1.54) is 15.6 Å². The number of rotatable bonds is 8. The Hall–Kier alpha value is -3.36. The van der Waals surface area contributed by atoms with E-state index >= 15 is 0 Å². The number of aryl methyl sites for hydroxylation is 1. The summed E-state index contributed by atoms with van der Waals surface area (Å²) in [5.41, 5.74) is 4.35. The van der Waals surface area contributed by atoms with Crippen molar-refractivity contribution in [2.75, 3.05) is 29.8 Å². The zero-order chi connectivity index (χ0) is 27.9. The standard InChI is InChI=1S/C22H26N4O3S2.C2HF3O2/c1-16-11-20(7-8-21(16)25-18-9-10-23-12-18)31(27,28)26(22-14-30-15-24-22)13-17-3-5-19(29-2)6-4-17;3-2(4,5)1(6)7/h3-8,11,14-15,18,23,25H,9-10,12-13H2,1-2H3;(H,6,7)/t18-;/m0./s1. The highest BCUT2D eigenvalue weighted by Crippen LogP contribution is 2.29. The van der Waals surface area contributed by atoms with E-state index in [9.17, 15) is 21.6 Å². The summed E-state index contributed by atoms with van der Waals surface area (Å²) in [6.07, 6.45) is -4.03. The zero-order valence-electron chi connectivity index (χ0n) is 20.5. The normalized spacial score (nSPS) is 15.3. The van der Waals surface area contributed by atoms with Crippen LogP contribution in [-0.4, -0.2) is 56.9 Å². The van der Waals surface area contributed by atoms with Crippen LogP contribution in [-0.2, 0) is 21.4 Å². The van der Waals surface area contributed by atoms with Crippen LogP contribution in [0.25, 0.3) is 0 Å². The Balaban J connectivity index is 0.000000505. The molecule has 4 rings (SSSR count). The molecule has 0 radical (unpaired) electrons. The number of carbonyl (C=O) groups is 1. The fourth-order valence-electron chi connectivity index (χ4n) is 3.60. The third kappa shape index (κ3) is 7.58. The average molecular weight is 573 g/mol. The predicted molar refractivity (Wildman–Crippen MR) is 138 cm³/mol. The third-order valence-electron chi connectivity index (χ3n) is 5.61. The SMILES string of the molecule is COc1ccc(CN(c2cscn2)S(=O)(=O)c2ccc(N[C@H]3CCNC3)c(C)c2)cc1.O=C(O)C(F)(F)F. The van der Waals surface area contributed by atoms with Crippen molar-refractivity contribution < 1.29 is 36.2 Å². The first-order valence-electron chi connectivity index (χ1n) is 11.3. The fourth-order valence-corrected chi connectivity index (χ4v) is 5.69. The van der Waals surface area contributed by atoms with Crippen LogP contribution in [0.3, 0.4) is 0 Å². The lowest BCUT2D eigenvalue weighted by Gasteiger charge is -2.23. The number of carboxylic acid groups (broad SMARTS) is 1. The first-order valence-corrected chi connectivity index (χ1v) is 13.7. The number of halogens is 3. The summed E-state index contributed by atoms with van der Waals surface area (Å²) in [6.45, 7) is 4.03. The summed E-state index contributed by atoms with van der Waals surface area (Å²) in [6, 6.07) is 13.0. The van der Waals surface area contributed by atoms with Crippen LogP contribution in [0.4, 0.5) is 24.7 Å². The number of ether oxygens (including phenoxy) is 1. The van der Waals surface area contributed by atoms with E-state index in [0.717, 1.165) is 42.1 Å². The molecule has 38 heavy (non-hydrogen) atoms. The molecule has 1 aliphatic heterocycles. The number of hydrogen-bond acceptors (Lipinski definition) is 8. The highest BCUT2D eigenvalue weighted by Gasteiger charge is 2.38. The molecule has 1 aromatic heterocycles. The molecule has 0 unspecified atom stereocenters. The second-order valence-corrected chi connectivity index (χ2v) is 10.9. The molecule has 14 heteroatoms. The summed E-state index contributed by atoms with van der Waals surface area (Å²) in [5, 5.41) is 15.7. The van der Waals surface area contributed by atoms with Crippen molar-refractivity contribution >= 4 is 38.8 Å². The minimum atomic E-state index is -5.08. The smallest absolute Gasteiger partial charge is 0.490 e. The first-order chi connectivity index (χ1) is 17.9. The summed E-state index contributed by atoms with van der Waals surface area (Å²) >= 11 is 1.37. The molecule has 2 aromatic carbocycles. The number of nitrogens with one attached hydrogen (secondary N) is 2. The van der Waals surface area contributed by atoms with Crippen molar-refractivity contribution in [2.45, 2.75) is 37.0 Å². The molecule has 1 fully saturated rings. The lowest BCUT2D eigenvalue weighted by molar-refractivity contribution is -0.192. The van der Waals surface area contributed by atoms with Gasteiger partial charge in [-0.15, -0.1) is 11.3 Å². The third-order valence-corrected chi connectivity index (χ3v) is 7.93. The molecule has 3 aromatic rings. The molecule has 1 saturated heterocycles. The Morgan fingerprint density at radius 2 is 1.95 bits per heavy atom. The minimum Gasteiger partial charge on any atom is -0.497 e. The second kappa shape index (κ2) is 12.5. The van der Waals surface area contributed by atoms with Gasteiger partial charge in [0.25, 0.3) is 10.0 Å². The van der Waals surface area contributed by atoms with Gasteiger partial charge in [0, 0.05) is 23.7 Å². The van der Waals surface area contributed by atoms with E-state index in [0.29, 0.717) is 11.9 Å². The number of carboxylic acids is 1. The lowest BCUT2D eigenvalue weighted by atomic mass is 10.1. The molecule has 1 atom stereocenters. The van der Waals surface area contributed by atoms with Gasteiger partial charge in [0.1, 0.15) is 5.75 Å². The molecule has 1 aliphatic rings. The molecular weight excluding hydrogens is 545 g/mol. The van der Waals surface area contributed by atoms with E-state index < -0.39 is 22.2 Å². The number of hydrogen-bond donors (Lipinski definition) is 3. The maximum absolute atomic E-state index is 13.6. The molecule has 0 spiro atoms. The van der Waals surface area contributed by atoms with Crippen molar-refractivity contribution in [1.29, 1.82) is 0 Å². The summed E-state index contributed by atoms with van der Waals surface area (Å²) in [5.74, 6) is -1.62. The number of aromatic nitrogens is 1. The highest BCUT2D eigenvalue weighted by molar-refractivity contribution is 7.92. The van der Waals surface area contributed by atoms with Gasteiger partial charge in [-0.3, -0.25) is 0 Å². The maximum Gasteiger partial charge on any atom is 0.490 e. The molecular formula is C24H27F3N4O5S2. The Morgan fingerprint density at radius 1 is 1.26 bits per heavy atom. The molecule has 206 valence electrons. The van der Waals surface area contributed by atoms with E-state index in [-0.39, 0.29) is 11.4 Å². The van der Waals surface area contributed by atoms with Gasteiger partial charge < -0.3 is 20.5 Å². The maximum atomic E-state index is 13.6. The quantitative estimate of drug-likeness (QED) is 0.366. The number of anilines is 2. The number of nitrogens with zero attached hydrogens (tertiary/aromatic N) is 2. The van der Waals surface area contributed by atoms with Crippen LogP contribution >= 0.6 is 11.3 Å². The molecule has 0 saturated carbocycles. The van der Waals surface area contributed by atoms with Crippen LogP contribution in [0.2, 0.25) is 0 Å². The number of sulfonamides is 1. The van der Waals surface area contributed by atoms with Gasteiger partial charge in [0.05, 0.1) is 24.1 Å². The Labute approximate surface area is 222 Å². The van der Waals surface area contributed by atoms with Crippen LogP contribution in [0.5, 0.6) is 5.75 Å². The van der Waals surface area contributed by atoms with Crippen molar-refractivity contribution in [3.05, 3.63) is 64.5 Å². The second-order valence-electron chi connectivity index (χ2n) is 8.32. The Morgan fingerprint density at radius 3 is 2.45 bits per heavy atom. The van der Waals surface area contributed by atoms with Crippen molar-refractivity contribution in [3.8, 4) is 5.75 Å². The molecule has 2 heterocycles. The summed E-state index contributed by atoms with van der Waals surface area (Å²) in [7, 11) is -2.20. The monoisotopic (exact) mass is 572 g/mol. The fraction of sp³-hybridized carbons (Fsp3) is 0.333. The van der Waals surface area contributed by atoms with Gasteiger partial charge in [0.2, 0.25) is 0 Å². The van der Waals surface area contributed by atoms with E-state index in [1.54, 1.807) is 30.1 Å². The molecule has 9 nitrogen and oxygen atoms in total. The van der Waals surface area contributed by atoms with Crippen LogP contribution in [0.1, 0.15) is 17.5 Å². The molecule has 0 amide bonds. The highest BCUT2D eigenvalue weighted by atomic mass is 32.2. The molecule has 0 aliphatic carbocycles. The van der Waals surface area contributed by atoms with Gasteiger partial charge in [-0.05, 0) is 61.3 Å². The Bertz CT molecular complexity index is 1310. The minimum absolute atomic E-state index is 0.183. The number of aliphatic carboxylic acids is 1. The van der Waals surface area contributed by atoms with Crippen molar-refractivity contribution in [1.82, 2.24) is 10.3 Å². The topological polar surface area (TPSA) is 121 Å². The zero-order valence-corrected chi connectivity index (χ0v) is 22.2. The van der Waals surface area contributed by atoms with Crippen molar-refractivity contribution in [3.63, 3.8) is 0 Å². The number of alkyl halides is 3. The Kier molecular flexibility index (Phi) is 9.57.